The number of hydrogen-bond acceptors (Lipinski definition) is 6. The molecular weight excluding hydrogens is 334 g/mol. The molecule has 0 spiro atoms. The maximum atomic E-state index is 11.6. The van der Waals surface area contributed by atoms with Crippen LogP contribution in [-0.2, 0) is 24.0 Å². The van der Waals surface area contributed by atoms with Crippen molar-refractivity contribution >= 4 is 42.8 Å². The molecule has 0 aliphatic carbocycles. The van der Waals surface area contributed by atoms with Crippen molar-refractivity contribution in [3.05, 3.63) is 0 Å². The van der Waals surface area contributed by atoms with Crippen LogP contribution in [0.4, 0.5) is 0 Å². The minimum atomic E-state index is -1.29. The summed E-state index contributed by atoms with van der Waals surface area (Å²) < 4.78 is 0. The third-order valence-corrected chi connectivity index (χ3v) is 2.84. The van der Waals surface area contributed by atoms with Gasteiger partial charge in [-0.05, 0) is 6.42 Å². The van der Waals surface area contributed by atoms with Crippen LogP contribution in [0.1, 0.15) is 12.8 Å². The van der Waals surface area contributed by atoms with Gasteiger partial charge >= 0.3 is 11.9 Å². The second-order valence-electron chi connectivity index (χ2n) is 4.13. The Labute approximate surface area is 136 Å². The van der Waals surface area contributed by atoms with Gasteiger partial charge in [0.05, 0.1) is 0 Å². The van der Waals surface area contributed by atoms with E-state index in [9.17, 15) is 24.0 Å². The van der Waals surface area contributed by atoms with Crippen LogP contribution in [-0.4, -0.2) is 70.2 Å². The van der Waals surface area contributed by atoms with Crippen LogP contribution in [0, 0.1) is 0 Å². The minimum absolute atomic E-state index is 0. The first-order valence-corrected chi connectivity index (χ1v) is 6.77. The summed E-state index contributed by atoms with van der Waals surface area (Å²) in [5.41, 5.74) is 0. The first-order valence-electron chi connectivity index (χ1n) is 6.14. The highest BCUT2D eigenvalue weighted by Crippen LogP contribution is 1.99. The molecular formula is C11H19N3O8S. The molecule has 23 heavy (non-hydrogen) atoms. The van der Waals surface area contributed by atoms with E-state index in [-0.39, 0.29) is 30.5 Å². The lowest BCUT2D eigenvalue weighted by Gasteiger charge is -2.16. The SMILES string of the molecule is O.O=CN[C@@H](CCC(=O)N[C@@H](CS)C(=O)NCC(=O)O)C(=O)O. The maximum absolute atomic E-state index is 11.6. The van der Waals surface area contributed by atoms with Crippen molar-refractivity contribution in [3.8, 4) is 0 Å². The topological polar surface area (TPSA) is 193 Å². The number of hydrogen-bond donors (Lipinski definition) is 6. The van der Waals surface area contributed by atoms with E-state index in [4.69, 9.17) is 10.2 Å². The van der Waals surface area contributed by atoms with E-state index in [0.29, 0.717) is 0 Å². The van der Waals surface area contributed by atoms with Gasteiger partial charge in [-0.2, -0.15) is 12.6 Å². The Bertz CT molecular complexity index is 445. The highest BCUT2D eigenvalue weighted by Gasteiger charge is 2.22. The summed E-state index contributed by atoms with van der Waals surface area (Å²) in [6.07, 6.45) is -0.184. The van der Waals surface area contributed by atoms with Crippen LogP contribution in [0.15, 0.2) is 0 Å². The summed E-state index contributed by atoms with van der Waals surface area (Å²) in [7, 11) is 0. The molecule has 0 heterocycles. The van der Waals surface area contributed by atoms with Crippen molar-refractivity contribution in [3.63, 3.8) is 0 Å². The lowest BCUT2D eigenvalue weighted by molar-refractivity contribution is -0.141. The molecule has 0 saturated heterocycles. The number of aliphatic carboxylic acids is 2. The molecule has 0 fully saturated rings. The molecule has 132 valence electrons. The standard InChI is InChI=1S/C11H17N3O7S.H2O/c15-5-13-6(11(20)21)1-2-8(16)14-7(4-22)10(19)12-3-9(17)18;/h5-7,22H,1-4H2,(H,12,19)(H,13,15)(H,14,16)(H,17,18)(H,20,21);1H2/t6-,7-;/m0./s1. The summed E-state index contributed by atoms with van der Waals surface area (Å²) in [4.78, 5) is 54.5. The Morgan fingerprint density at radius 2 is 1.74 bits per heavy atom. The Morgan fingerprint density at radius 3 is 2.17 bits per heavy atom. The fraction of sp³-hybridized carbons (Fsp3) is 0.545. The van der Waals surface area contributed by atoms with Crippen LogP contribution in [0.3, 0.4) is 0 Å². The van der Waals surface area contributed by atoms with Gasteiger partial charge in [0.25, 0.3) is 0 Å². The van der Waals surface area contributed by atoms with Crippen LogP contribution in [0.2, 0.25) is 0 Å². The summed E-state index contributed by atoms with van der Waals surface area (Å²) in [5.74, 6) is -3.92. The van der Waals surface area contributed by atoms with Crippen LogP contribution in [0.5, 0.6) is 0 Å². The van der Waals surface area contributed by atoms with E-state index in [2.05, 4.69) is 23.3 Å². The van der Waals surface area contributed by atoms with Gasteiger partial charge in [0.1, 0.15) is 18.6 Å². The monoisotopic (exact) mass is 353 g/mol. The number of nitrogens with one attached hydrogen (secondary N) is 3. The maximum Gasteiger partial charge on any atom is 0.326 e. The number of carbonyl (C=O) groups excluding carboxylic acids is 3. The quantitative estimate of drug-likeness (QED) is 0.166. The largest absolute Gasteiger partial charge is 0.480 e. The van der Waals surface area contributed by atoms with Crippen LogP contribution in [0.25, 0.3) is 0 Å². The normalized spacial score (nSPS) is 12.0. The first kappa shape index (κ1) is 22.9. The smallest absolute Gasteiger partial charge is 0.326 e. The average Bonchev–Trinajstić information content (AvgIpc) is 2.46. The second-order valence-corrected chi connectivity index (χ2v) is 4.49. The molecule has 0 rings (SSSR count). The molecule has 0 unspecified atom stereocenters. The molecule has 0 aliphatic rings. The van der Waals surface area contributed by atoms with E-state index >= 15 is 0 Å². The average molecular weight is 353 g/mol. The number of rotatable bonds is 11. The zero-order valence-electron chi connectivity index (χ0n) is 11.9. The number of carbonyl (C=O) groups is 5. The van der Waals surface area contributed by atoms with Gasteiger partial charge in [-0.3, -0.25) is 19.2 Å². The van der Waals surface area contributed by atoms with Crippen molar-refractivity contribution in [2.45, 2.75) is 24.9 Å². The van der Waals surface area contributed by atoms with Gasteiger partial charge in [0.2, 0.25) is 18.2 Å². The minimum Gasteiger partial charge on any atom is -0.480 e. The van der Waals surface area contributed by atoms with Crippen molar-refractivity contribution in [1.29, 1.82) is 0 Å². The number of carboxylic acid groups (broad SMARTS) is 2. The van der Waals surface area contributed by atoms with E-state index in [1.165, 1.54) is 0 Å². The van der Waals surface area contributed by atoms with Gasteiger partial charge < -0.3 is 31.6 Å². The molecule has 0 bridgehead atoms. The van der Waals surface area contributed by atoms with Crippen molar-refractivity contribution in [2.24, 2.45) is 0 Å². The molecule has 0 aromatic rings. The lowest BCUT2D eigenvalue weighted by atomic mass is 10.1. The van der Waals surface area contributed by atoms with E-state index < -0.39 is 42.4 Å². The molecule has 0 aromatic heterocycles. The number of carboxylic acids is 2. The zero-order valence-corrected chi connectivity index (χ0v) is 12.8. The van der Waals surface area contributed by atoms with Crippen molar-refractivity contribution < 1.29 is 39.7 Å². The molecule has 12 heteroatoms. The first-order chi connectivity index (χ1) is 10.3. The predicted molar refractivity (Wildman–Crippen MR) is 79.9 cm³/mol. The van der Waals surface area contributed by atoms with Gasteiger partial charge in [-0.1, -0.05) is 0 Å². The molecule has 3 amide bonds. The Balaban J connectivity index is 0. The van der Waals surface area contributed by atoms with E-state index in [1.807, 2.05) is 5.32 Å². The molecule has 0 radical (unpaired) electrons. The van der Waals surface area contributed by atoms with Crippen LogP contribution >= 0.6 is 12.6 Å². The highest BCUT2D eigenvalue weighted by molar-refractivity contribution is 7.80. The molecule has 2 atom stereocenters. The van der Waals surface area contributed by atoms with Gasteiger partial charge in [0.15, 0.2) is 0 Å². The zero-order chi connectivity index (χ0) is 17.1. The third kappa shape index (κ3) is 10.1. The molecule has 0 aliphatic heterocycles. The lowest BCUT2D eigenvalue weighted by Crippen LogP contribution is -2.49. The van der Waals surface area contributed by atoms with E-state index in [1.54, 1.807) is 0 Å². The second kappa shape index (κ2) is 12.2. The number of thiol groups is 1. The number of amides is 3. The van der Waals surface area contributed by atoms with Gasteiger partial charge in [0, 0.05) is 12.2 Å². The van der Waals surface area contributed by atoms with Crippen LogP contribution < -0.4 is 16.0 Å². The summed E-state index contributed by atoms with van der Waals surface area (Å²) in [6, 6.07) is -2.25. The summed E-state index contributed by atoms with van der Waals surface area (Å²) >= 11 is 3.87. The molecule has 0 aromatic carbocycles. The van der Waals surface area contributed by atoms with Gasteiger partial charge in [-0.25, -0.2) is 4.79 Å². The summed E-state index contributed by atoms with van der Waals surface area (Å²) in [5, 5.41) is 23.6. The summed E-state index contributed by atoms with van der Waals surface area (Å²) in [6.45, 7) is -0.594. The molecule has 0 saturated carbocycles. The fourth-order valence-corrected chi connectivity index (χ4v) is 1.64. The Hall–Kier alpha value is -2.34. The third-order valence-electron chi connectivity index (χ3n) is 2.48. The predicted octanol–water partition coefficient (Wildman–Crippen LogP) is -3.24. The Morgan fingerprint density at radius 1 is 1.13 bits per heavy atom. The van der Waals surface area contributed by atoms with Crippen molar-refractivity contribution in [2.75, 3.05) is 12.3 Å². The molecule has 11 nitrogen and oxygen atoms in total. The molecule has 7 N–H and O–H groups in total. The Kier molecular flexibility index (Phi) is 12.2. The van der Waals surface area contributed by atoms with E-state index in [0.717, 1.165) is 0 Å². The van der Waals surface area contributed by atoms with Gasteiger partial charge in [-0.15, -0.1) is 0 Å². The highest BCUT2D eigenvalue weighted by atomic mass is 32.1. The fourth-order valence-electron chi connectivity index (χ4n) is 1.38. The van der Waals surface area contributed by atoms with Crippen molar-refractivity contribution in [1.82, 2.24) is 16.0 Å².